The molecule has 0 atom stereocenters. The van der Waals surface area contributed by atoms with Crippen molar-refractivity contribution in [2.45, 2.75) is 0 Å². The van der Waals surface area contributed by atoms with E-state index in [4.69, 9.17) is 9.97 Å². The summed E-state index contributed by atoms with van der Waals surface area (Å²) in [6, 6.07) is 87.8. The van der Waals surface area contributed by atoms with E-state index in [2.05, 4.69) is 224 Å². The van der Waals surface area contributed by atoms with Crippen LogP contribution in [-0.4, -0.2) is 9.97 Å². The van der Waals surface area contributed by atoms with Crippen LogP contribution in [0.3, 0.4) is 0 Å². The maximum atomic E-state index is 5.14. The van der Waals surface area contributed by atoms with Gasteiger partial charge in [-0.3, -0.25) is 0 Å². The van der Waals surface area contributed by atoms with Crippen LogP contribution in [0, 0.1) is 0 Å². The van der Waals surface area contributed by atoms with Crippen molar-refractivity contribution in [1.29, 1.82) is 0 Å². The van der Waals surface area contributed by atoms with Gasteiger partial charge in [-0.25, -0.2) is 9.97 Å². The predicted molar refractivity (Wildman–Crippen MR) is 285 cm³/mol. The fourth-order valence-electron chi connectivity index (χ4n) is 9.96. The Balaban J connectivity index is 0.838. The van der Waals surface area contributed by atoms with Gasteiger partial charge in [0.1, 0.15) is 0 Å². The van der Waals surface area contributed by atoms with Crippen molar-refractivity contribution in [1.82, 2.24) is 9.97 Å². The Morgan fingerprint density at radius 1 is 0.269 bits per heavy atom. The lowest BCUT2D eigenvalue weighted by atomic mass is 9.88. The minimum atomic E-state index is 0.708. The second-order valence-corrected chi connectivity index (χ2v) is 18.4. The van der Waals surface area contributed by atoms with Gasteiger partial charge in [-0.2, -0.15) is 0 Å². The Bertz CT molecular complexity index is 3970. The second kappa shape index (κ2) is 16.2. The highest BCUT2D eigenvalue weighted by Gasteiger charge is 2.16. The summed E-state index contributed by atoms with van der Waals surface area (Å²) in [6.07, 6.45) is 0. The molecule has 2 heterocycles. The third kappa shape index (κ3) is 6.96. The van der Waals surface area contributed by atoms with E-state index < -0.39 is 0 Å². The normalized spacial score (nSPS) is 11.6. The summed E-state index contributed by atoms with van der Waals surface area (Å²) in [5.41, 5.74) is 13.3. The molecule has 0 fully saturated rings. The van der Waals surface area contributed by atoms with Gasteiger partial charge in [0.25, 0.3) is 0 Å². The van der Waals surface area contributed by atoms with Gasteiger partial charge in [0.2, 0.25) is 0 Å². The zero-order valence-electron chi connectivity index (χ0n) is 36.4. The first-order chi connectivity index (χ1) is 33.2. The number of hydrogen-bond acceptors (Lipinski definition) is 3. The van der Waals surface area contributed by atoms with Crippen molar-refractivity contribution in [3.8, 4) is 77.7 Å². The molecule has 0 saturated heterocycles. The van der Waals surface area contributed by atoms with Crippen LogP contribution in [-0.2, 0) is 0 Å². The predicted octanol–water partition coefficient (Wildman–Crippen LogP) is 18.0. The highest BCUT2D eigenvalue weighted by atomic mass is 32.1. The first kappa shape index (κ1) is 38.9. The molecular weight excluding hydrogens is 829 g/mol. The van der Waals surface area contributed by atoms with Crippen LogP contribution in [0.25, 0.3) is 131 Å². The van der Waals surface area contributed by atoms with E-state index in [1.165, 1.54) is 91.4 Å². The molecule has 0 aliphatic carbocycles. The summed E-state index contributed by atoms with van der Waals surface area (Å²) in [5.74, 6) is 0.708. The number of thiophene rings is 1. The molecule has 0 N–H and O–H groups in total. The van der Waals surface area contributed by atoms with Gasteiger partial charge < -0.3 is 0 Å². The number of fused-ring (bicyclic) bond motifs is 6. The Morgan fingerprint density at radius 2 is 0.776 bits per heavy atom. The molecule has 67 heavy (non-hydrogen) atoms. The van der Waals surface area contributed by atoms with Crippen molar-refractivity contribution in [3.63, 3.8) is 0 Å². The molecule has 13 aromatic rings. The molecule has 0 unspecified atom stereocenters. The highest BCUT2D eigenvalue weighted by molar-refractivity contribution is 7.22. The molecular formula is C64H40N2S. The molecule has 0 saturated carbocycles. The quantitative estimate of drug-likeness (QED) is 0.118. The van der Waals surface area contributed by atoms with Crippen LogP contribution in [0.15, 0.2) is 243 Å². The summed E-state index contributed by atoms with van der Waals surface area (Å²) in [6.45, 7) is 0. The summed E-state index contributed by atoms with van der Waals surface area (Å²) in [5, 5.41) is 11.4. The van der Waals surface area contributed by atoms with Crippen LogP contribution in [0.2, 0.25) is 0 Å². The maximum absolute atomic E-state index is 5.14. The van der Waals surface area contributed by atoms with E-state index in [-0.39, 0.29) is 0 Å². The van der Waals surface area contributed by atoms with E-state index in [1.54, 1.807) is 0 Å². The smallest absolute Gasteiger partial charge is 0.160 e. The summed E-state index contributed by atoms with van der Waals surface area (Å²) < 4.78 is 1.30. The molecule has 2 aromatic heterocycles. The Morgan fingerprint density at radius 3 is 1.42 bits per heavy atom. The Labute approximate surface area is 392 Å². The topological polar surface area (TPSA) is 25.8 Å². The third-order valence-corrected chi connectivity index (χ3v) is 14.5. The third-order valence-electron chi connectivity index (χ3n) is 13.3. The average molecular weight is 869 g/mol. The summed E-state index contributed by atoms with van der Waals surface area (Å²) in [7, 11) is 0. The summed E-state index contributed by atoms with van der Waals surface area (Å²) in [4.78, 5) is 11.5. The molecule has 2 nitrogen and oxygen atoms in total. The van der Waals surface area contributed by atoms with Crippen molar-refractivity contribution < 1.29 is 0 Å². The van der Waals surface area contributed by atoms with Crippen LogP contribution in [0.1, 0.15) is 0 Å². The fraction of sp³-hybridized carbons (Fsp3) is 0. The minimum absolute atomic E-state index is 0.708. The first-order valence-electron chi connectivity index (χ1n) is 22.8. The fourth-order valence-corrected chi connectivity index (χ4v) is 11.0. The zero-order valence-corrected chi connectivity index (χ0v) is 37.2. The van der Waals surface area contributed by atoms with Gasteiger partial charge in [-0.05, 0) is 112 Å². The number of rotatable bonds is 7. The molecule has 3 heteroatoms. The van der Waals surface area contributed by atoms with Gasteiger partial charge in [0.15, 0.2) is 5.82 Å². The van der Waals surface area contributed by atoms with Gasteiger partial charge in [-0.1, -0.05) is 218 Å². The van der Waals surface area contributed by atoms with Crippen LogP contribution < -0.4 is 0 Å². The van der Waals surface area contributed by atoms with Gasteiger partial charge in [0, 0.05) is 26.3 Å². The van der Waals surface area contributed by atoms with Crippen molar-refractivity contribution in [2.24, 2.45) is 0 Å². The second-order valence-electron chi connectivity index (χ2n) is 17.3. The van der Waals surface area contributed by atoms with Gasteiger partial charge in [0.05, 0.1) is 11.4 Å². The number of nitrogens with zero attached hydrogens (tertiary/aromatic N) is 2. The molecule has 0 aliphatic rings. The van der Waals surface area contributed by atoms with E-state index in [1.807, 2.05) is 29.5 Å². The largest absolute Gasteiger partial charge is 0.228 e. The van der Waals surface area contributed by atoms with Crippen molar-refractivity contribution >= 4 is 64.5 Å². The molecule has 0 spiro atoms. The van der Waals surface area contributed by atoms with Crippen molar-refractivity contribution in [3.05, 3.63) is 243 Å². The maximum Gasteiger partial charge on any atom is 0.160 e. The standard InChI is InChI=1S/C64H40N2S/c1-2-13-48(14-3-1)64-65-59(40-60(66-64)45-28-30-46(31-29-45)62-39-50-16-6-11-21-61(50)67-62)44-26-22-42(23-27-44)52-36-37-53(56-20-10-9-19-55(52)56)43-24-32-47(33-25-43)63-54-18-8-5-15-49(54)38-58-51-17-7-4-12-41(51)34-35-57(58)63/h1-40H. The zero-order chi connectivity index (χ0) is 44.3. The Kier molecular flexibility index (Phi) is 9.40. The van der Waals surface area contributed by atoms with Gasteiger partial charge in [-0.15, -0.1) is 11.3 Å². The highest BCUT2D eigenvalue weighted by Crippen LogP contribution is 2.42. The number of benzene rings is 11. The number of aromatic nitrogens is 2. The van der Waals surface area contributed by atoms with Crippen LogP contribution in [0.4, 0.5) is 0 Å². The molecule has 0 radical (unpaired) electrons. The lowest BCUT2D eigenvalue weighted by molar-refractivity contribution is 1.18. The van der Waals surface area contributed by atoms with E-state index >= 15 is 0 Å². The van der Waals surface area contributed by atoms with Crippen LogP contribution >= 0.6 is 11.3 Å². The first-order valence-corrected chi connectivity index (χ1v) is 23.6. The summed E-state index contributed by atoms with van der Waals surface area (Å²) >= 11 is 1.83. The van der Waals surface area contributed by atoms with Crippen molar-refractivity contribution in [2.75, 3.05) is 0 Å². The number of hydrogen-bond donors (Lipinski definition) is 0. The van der Waals surface area contributed by atoms with E-state index in [9.17, 15) is 0 Å². The van der Waals surface area contributed by atoms with E-state index in [0.717, 1.165) is 33.6 Å². The van der Waals surface area contributed by atoms with E-state index in [0.29, 0.717) is 5.82 Å². The average Bonchev–Trinajstić information content (AvgIpc) is 3.85. The minimum Gasteiger partial charge on any atom is -0.228 e. The van der Waals surface area contributed by atoms with Crippen LogP contribution in [0.5, 0.6) is 0 Å². The molecule has 0 amide bonds. The lowest BCUT2D eigenvalue weighted by Gasteiger charge is -2.15. The molecule has 13 rings (SSSR count). The SMILES string of the molecule is c1ccc(-c2nc(-c3ccc(-c4cc5ccccc5s4)cc3)cc(-c3ccc(-c4ccc(-c5ccc(-c6c7ccccc7cc7c6ccc6ccccc67)cc5)c5ccccc45)cc3)n2)cc1. The Hall–Kier alpha value is -8.50. The van der Waals surface area contributed by atoms with Gasteiger partial charge >= 0.3 is 0 Å². The monoisotopic (exact) mass is 868 g/mol. The molecule has 11 aromatic carbocycles. The molecule has 0 aliphatic heterocycles. The lowest BCUT2D eigenvalue weighted by Crippen LogP contribution is -1.96. The molecule has 0 bridgehead atoms. The molecule has 312 valence electrons.